The van der Waals surface area contributed by atoms with E-state index in [2.05, 4.69) is 15.5 Å². The van der Waals surface area contributed by atoms with E-state index < -0.39 is 5.91 Å². The van der Waals surface area contributed by atoms with Crippen molar-refractivity contribution in [3.8, 4) is 11.5 Å². The number of nitrogens with zero attached hydrogens (tertiary/aromatic N) is 2. The summed E-state index contributed by atoms with van der Waals surface area (Å²) in [6, 6.07) is 13.3. The van der Waals surface area contributed by atoms with Crippen molar-refractivity contribution in [2.24, 2.45) is 5.73 Å². The molecule has 0 bridgehead atoms. The van der Waals surface area contributed by atoms with Gasteiger partial charge in [-0.25, -0.2) is 0 Å². The summed E-state index contributed by atoms with van der Waals surface area (Å²) in [7, 11) is 0. The van der Waals surface area contributed by atoms with E-state index in [9.17, 15) is 9.59 Å². The number of benzene rings is 2. The molecule has 0 saturated carbocycles. The minimum absolute atomic E-state index is 0.0920. The molecule has 0 saturated heterocycles. The molecule has 0 aliphatic heterocycles. The van der Waals surface area contributed by atoms with Crippen molar-refractivity contribution >= 4 is 40.9 Å². The molecular formula is C17H13ClN4O3S. The Kier molecular flexibility index (Phi) is 5.55. The molecule has 26 heavy (non-hydrogen) atoms. The molecule has 0 aliphatic carbocycles. The SMILES string of the molecule is NC(=O)c1ccc(NC(=O)CSc2nnc(-c3cccc(Cl)c3)o2)cc1. The fraction of sp³-hybridized carbons (Fsp3) is 0.0588. The predicted octanol–water partition coefficient (Wildman–Crippen LogP) is 3.22. The highest BCUT2D eigenvalue weighted by Crippen LogP contribution is 2.25. The number of hydrogen-bond acceptors (Lipinski definition) is 6. The molecule has 0 spiro atoms. The largest absolute Gasteiger partial charge is 0.411 e. The third-order valence-corrected chi connectivity index (χ3v) is 4.31. The van der Waals surface area contributed by atoms with Gasteiger partial charge in [0.2, 0.25) is 17.7 Å². The fourth-order valence-corrected chi connectivity index (χ4v) is 2.80. The van der Waals surface area contributed by atoms with Crippen molar-refractivity contribution in [3.63, 3.8) is 0 Å². The molecule has 0 fully saturated rings. The molecule has 9 heteroatoms. The number of carbonyl (C=O) groups is 2. The van der Waals surface area contributed by atoms with Crippen molar-refractivity contribution in [3.05, 3.63) is 59.1 Å². The Balaban J connectivity index is 1.55. The van der Waals surface area contributed by atoms with Gasteiger partial charge in [-0.2, -0.15) is 0 Å². The van der Waals surface area contributed by atoms with E-state index >= 15 is 0 Å². The van der Waals surface area contributed by atoms with Crippen LogP contribution in [0.3, 0.4) is 0 Å². The van der Waals surface area contributed by atoms with Gasteiger partial charge < -0.3 is 15.5 Å². The standard InChI is InChI=1S/C17H13ClN4O3S/c18-12-3-1-2-11(8-12)16-21-22-17(25-16)26-9-14(23)20-13-6-4-10(5-7-13)15(19)24/h1-8H,9H2,(H2,19,24)(H,20,23). The molecule has 2 aromatic carbocycles. The van der Waals surface area contributed by atoms with E-state index in [1.807, 2.05) is 0 Å². The number of rotatable bonds is 6. The third kappa shape index (κ3) is 4.62. The van der Waals surface area contributed by atoms with E-state index in [1.165, 1.54) is 0 Å². The lowest BCUT2D eigenvalue weighted by Gasteiger charge is -2.04. The molecule has 1 heterocycles. The van der Waals surface area contributed by atoms with E-state index in [1.54, 1.807) is 48.5 Å². The summed E-state index contributed by atoms with van der Waals surface area (Å²) >= 11 is 7.05. The highest BCUT2D eigenvalue weighted by atomic mass is 35.5. The molecule has 0 aliphatic rings. The summed E-state index contributed by atoms with van der Waals surface area (Å²) in [6.07, 6.45) is 0. The van der Waals surface area contributed by atoms with Gasteiger partial charge in [-0.3, -0.25) is 9.59 Å². The quantitative estimate of drug-likeness (QED) is 0.627. The molecule has 3 rings (SSSR count). The van der Waals surface area contributed by atoms with Crippen LogP contribution in [0.15, 0.2) is 58.2 Å². The maximum Gasteiger partial charge on any atom is 0.277 e. The minimum Gasteiger partial charge on any atom is -0.411 e. The monoisotopic (exact) mass is 388 g/mol. The zero-order valence-corrected chi connectivity index (χ0v) is 14.9. The molecule has 7 nitrogen and oxygen atoms in total. The van der Waals surface area contributed by atoms with E-state index in [0.717, 1.165) is 11.8 Å². The maximum absolute atomic E-state index is 12.0. The van der Waals surface area contributed by atoms with Crippen LogP contribution in [0.5, 0.6) is 0 Å². The van der Waals surface area contributed by atoms with Crippen LogP contribution >= 0.6 is 23.4 Å². The van der Waals surface area contributed by atoms with E-state index in [-0.39, 0.29) is 16.9 Å². The Bertz CT molecular complexity index is 943. The van der Waals surface area contributed by atoms with Gasteiger partial charge in [0.05, 0.1) is 5.75 Å². The third-order valence-electron chi connectivity index (χ3n) is 3.26. The number of anilines is 1. The van der Waals surface area contributed by atoms with Crippen LogP contribution in [0.2, 0.25) is 5.02 Å². The second kappa shape index (κ2) is 8.03. The molecule has 2 amide bonds. The first-order valence-corrected chi connectivity index (χ1v) is 8.79. The first-order chi connectivity index (χ1) is 12.5. The van der Waals surface area contributed by atoms with Gasteiger partial charge in [0, 0.05) is 21.8 Å². The van der Waals surface area contributed by atoms with Crippen molar-refractivity contribution < 1.29 is 14.0 Å². The highest BCUT2D eigenvalue weighted by molar-refractivity contribution is 7.99. The Morgan fingerprint density at radius 1 is 1.15 bits per heavy atom. The van der Waals surface area contributed by atoms with Crippen molar-refractivity contribution in [2.45, 2.75) is 5.22 Å². The Morgan fingerprint density at radius 2 is 1.92 bits per heavy atom. The number of amides is 2. The molecule has 0 atom stereocenters. The summed E-state index contributed by atoms with van der Waals surface area (Å²) in [6.45, 7) is 0. The summed E-state index contributed by atoms with van der Waals surface area (Å²) < 4.78 is 5.52. The Morgan fingerprint density at radius 3 is 2.62 bits per heavy atom. The van der Waals surface area contributed by atoms with Gasteiger partial charge in [0.15, 0.2) is 0 Å². The molecular weight excluding hydrogens is 376 g/mol. The Labute approximate surface area is 157 Å². The fourth-order valence-electron chi connectivity index (χ4n) is 2.05. The minimum atomic E-state index is -0.523. The zero-order chi connectivity index (χ0) is 18.5. The number of aromatic nitrogens is 2. The number of hydrogen-bond donors (Lipinski definition) is 2. The second-order valence-corrected chi connectivity index (χ2v) is 6.52. The van der Waals surface area contributed by atoms with Crippen LogP contribution < -0.4 is 11.1 Å². The first-order valence-electron chi connectivity index (χ1n) is 7.43. The van der Waals surface area contributed by atoms with Gasteiger partial charge >= 0.3 is 0 Å². The second-order valence-electron chi connectivity index (χ2n) is 5.16. The van der Waals surface area contributed by atoms with Crippen LogP contribution in [-0.2, 0) is 4.79 Å². The van der Waals surface area contributed by atoms with Crippen LogP contribution in [0.25, 0.3) is 11.5 Å². The predicted molar refractivity (Wildman–Crippen MR) is 99.1 cm³/mol. The number of carbonyl (C=O) groups excluding carboxylic acids is 2. The first kappa shape index (κ1) is 18.0. The van der Waals surface area contributed by atoms with Gasteiger partial charge in [0.1, 0.15) is 0 Å². The number of primary amides is 1. The molecule has 132 valence electrons. The van der Waals surface area contributed by atoms with Crippen LogP contribution in [0.1, 0.15) is 10.4 Å². The van der Waals surface area contributed by atoms with E-state index in [4.69, 9.17) is 21.8 Å². The Hall–Kier alpha value is -2.84. The number of halogens is 1. The average Bonchev–Trinajstić information content (AvgIpc) is 3.09. The number of nitrogens with one attached hydrogen (secondary N) is 1. The lowest BCUT2D eigenvalue weighted by Crippen LogP contribution is -2.15. The highest BCUT2D eigenvalue weighted by Gasteiger charge is 2.12. The van der Waals surface area contributed by atoms with Gasteiger partial charge in [-0.1, -0.05) is 29.4 Å². The van der Waals surface area contributed by atoms with Crippen LogP contribution in [0.4, 0.5) is 5.69 Å². The smallest absolute Gasteiger partial charge is 0.277 e. The summed E-state index contributed by atoms with van der Waals surface area (Å²) in [5.41, 5.74) is 6.81. The van der Waals surface area contributed by atoms with Crippen LogP contribution in [0, 0.1) is 0 Å². The van der Waals surface area contributed by atoms with Gasteiger partial charge in [-0.15, -0.1) is 10.2 Å². The number of nitrogens with two attached hydrogens (primary N) is 1. The summed E-state index contributed by atoms with van der Waals surface area (Å²) in [5, 5.41) is 11.4. The van der Waals surface area contributed by atoms with E-state index in [0.29, 0.717) is 27.7 Å². The summed E-state index contributed by atoms with van der Waals surface area (Å²) in [4.78, 5) is 23.0. The van der Waals surface area contributed by atoms with Crippen molar-refractivity contribution in [2.75, 3.05) is 11.1 Å². The lowest BCUT2D eigenvalue weighted by molar-refractivity contribution is -0.113. The molecule has 0 unspecified atom stereocenters. The average molecular weight is 389 g/mol. The molecule has 3 N–H and O–H groups in total. The zero-order valence-electron chi connectivity index (χ0n) is 13.3. The topological polar surface area (TPSA) is 111 Å². The van der Waals surface area contributed by atoms with Crippen molar-refractivity contribution in [1.82, 2.24) is 10.2 Å². The number of thioether (sulfide) groups is 1. The van der Waals surface area contributed by atoms with Gasteiger partial charge in [-0.05, 0) is 42.5 Å². The molecule has 1 aromatic heterocycles. The lowest BCUT2D eigenvalue weighted by atomic mass is 10.2. The van der Waals surface area contributed by atoms with Crippen molar-refractivity contribution in [1.29, 1.82) is 0 Å². The molecule has 3 aromatic rings. The summed E-state index contributed by atoms with van der Waals surface area (Å²) in [5.74, 6) is -0.346. The van der Waals surface area contributed by atoms with Crippen LogP contribution in [-0.4, -0.2) is 27.8 Å². The molecule has 0 radical (unpaired) electrons. The van der Waals surface area contributed by atoms with Gasteiger partial charge in [0.25, 0.3) is 5.22 Å². The maximum atomic E-state index is 12.0. The normalized spacial score (nSPS) is 10.5.